The van der Waals surface area contributed by atoms with Crippen molar-refractivity contribution in [2.24, 2.45) is 0 Å². The molecule has 10 heteroatoms. The Morgan fingerprint density at radius 2 is 1.77 bits per heavy atom. The molecule has 1 aliphatic rings. The van der Waals surface area contributed by atoms with Crippen molar-refractivity contribution in [2.75, 3.05) is 20.3 Å². The SMILES string of the molecule is C=CCCCCC[C@H](NC(=O)OCCCC=C)C(=O)OC(=O)[C@]1(Oc2cc(-c3ccccc3)nc3cc(OC)c(C=C)cc23)CCCN1. The second-order valence-electron chi connectivity index (χ2n) is 11.5. The number of pyridine rings is 1. The molecular weight excluding hydrogens is 610 g/mol. The fourth-order valence-electron chi connectivity index (χ4n) is 5.51. The average molecular weight is 656 g/mol. The number of unbranched alkanes of at least 4 members (excludes halogenated alkanes) is 4. The lowest BCUT2D eigenvalue weighted by atomic mass is 10.0. The third-order valence-electron chi connectivity index (χ3n) is 8.10. The summed E-state index contributed by atoms with van der Waals surface area (Å²) in [6.45, 7) is 11.9. The van der Waals surface area contributed by atoms with Crippen LogP contribution in [0.25, 0.3) is 28.2 Å². The number of fused-ring (bicyclic) bond motifs is 1. The molecule has 1 saturated heterocycles. The number of ether oxygens (including phenoxy) is 4. The summed E-state index contributed by atoms with van der Waals surface area (Å²) in [5.41, 5.74) is 1.11. The topological polar surface area (TPSA) is 125 Å². The summed E-state index contributed by atoms with van der Waals surface area (Å²) in [7, 11) is 1.57. The number of nitrogens with zero attached hydrogens (tertiary/aromatic N) is 1. The van der Waals surface area contributed by atoms with Crippen molar-refractivity contribution in [1.82, 2.24) is 15.6 Å². The zero-order valence-corrected chi connectivity index (χ0v) is 27.6. The number of hydrogen-bond acceptors (Lipinski definition) is 9. The van der Waals surface area contributed by atoms with Gasteiger partial charge in [0.2, 0.25) is 0 Å². The Bertz CT molecular complexity index is 1600. The van der Waals surface area contributed by atoms with Crippen LogP contribution >= 0.6 is 0 Å². The molecule has 1 fully saturated rings. The number of allylic oxidation sites excluding steroid dienone is 2. The molecule has 2 atom stereocenters. The van der Waals surface area contributed by atoms with Crippen LogP contribution in [-0.4, -0.2) is 55.0 Å². The molecule has 0 unspecified atom stereocenters. The number of amides is 1. The number of carbonyl (C=O) groups excluding carboxylic acids is 3. The van der Waals surface area contributed by atoms with Gasteiger partial charge in [0.1, 0.15) is 17.5 Å². The fraction of sp³-hybridized carbons (Fsp3) is 0.368. The van der Waals surface area contributed by atoms with Crippen molar-refractivity contribution < 1.29 is 33.3 Å². The van der Waals surface area contributed by atoms with Gasteiger partial charge in [-0.1, -0.05) is 68.0 Å². The zero-order valence-electron chi connectivity index (χ0n) is 27.6. The van der Waals surface area contributed by atoms with Crippen molar-refractivity contribution in [3.8, 4) is 22.8 Å². The molecule has 0 aliphatic carbocycles. The Morgan fingerprint density at radius 1 is 1.00 bits per heavy atom. The minimum Gasteiger partial charge on any atom is -0.496 e. The number of rotatable bonds is 18. The first-order valence-electron chi connectivity index (χ1n) is 16.4. The summed E-state index contributed by atoms with van der Waals surface area (Å²) in [5.74, 6) is -0.830. The second kappa shape index (κ2) is 17.8. The fourth-order valence-corrected chi connectivity index (χ4v) is 5.51. The molecular formula is C38H45N3O7. The highest BCUT2D eigenvalue weighted by Gasteiger charge is 2.47. The summed E-state index contributed by atoms with van der Waals surface area (Å²) in [6, 6.07) is 13.9. The molecule has 2 N–H and O–H groups in total. The molecule has 48 heavy (non-hydrogen) atoms. The number of methoxy groups -OCH3 is 1. The van der Waals surface area contributed by atoms with Crippen molar-refractivity contribution >= 4 is 35.0 Å². The van der Waals surface area contributed by atoms with Crippen LogP contribution in [0.5, 0.6) is 11.5 Å². The van der Waals surface area contributed by atoms with E-state index in [1.807, 2.05) is 42.5 Å². The molecule has 2 aromatic carbocycles. The van der Waals surface area contributed by atoms with Gasteiger partial charge in [0.15, 0.2) is 0 Å². The Morgan fingerprint density at radius 3 is 2.46 bits per heavy atom. The van der Waals surface area contributed by atoms with Gasteiger partial charge in [-0.25, -0.2) is 19.4 Å². The molecule has 0 radical (unpaired) electrons. The predicted octanol–water partition coefficient (Wildman–Crippen LogP) is 7.28. The van der Waals surface area contributed by atoms with Crippen LogP contribution in [0.2, 0.25) is 0 Å². The number of alkyl carbamates (subject to hydrolysis) is 1. The van der Waals surface area contributed by atoms with E-state index in [-0.39, 0.29) is 19.4 Å². The summed E-state index contributed by atoms with van der Waals surface area (Å²) < 4.78 is 22.8. The molecule has 0 bridgehead atoms. The number of esters is 2. The van der Waals surface area contributed by atoms with Gasteiger partial charge >= 0.3 is 18.0 Å². The smallest absolute Gasteiger partial charge is 0.407 e. The highest BCUT2D eigenvalue weighted by Crippen LogP contribution is 2.37. The van der Waals surface area contributed by atoms with Gasteiger partial charge < -0.3 is 24.3 Å². The summed E-state index contributed by atoms with van der Waals surface area (Å²) in [4.78, 5) is 44.8. The molecule has 1 aromatic heterocycles. The van der Waals surface area contributed by atoms with Gasteiger partial charge in [-0.3, -0.25) is 5.32 Å². The van der Waals surface area contributed by atoms with Gasteiger partial charge in [-0.05, 0) is 51.1 Å². The van der Waals surface area contributed by atoms with E-state index in [1.54, 1.807) is 31.4 Å². The lowest BCUT2D eigenvalue weighted by Gasteiger charge is -2.29. The maximum absolute atomic E-state index is 13.9. The first kappa shape index (κ1) is 35.9. The highest BCUT2D eigenvalue weighted by atomic mass is 16.6. The van der Waals surface area contributed by atoms with Gasteiger partial charge in [-0.2, -0.15) is 0 Å². The summed E-state index contributed by atoms with van der Waals surface area (Å²) >= 11 is 0. The van der Waals surface area contributed by atoms with Crippen LogP contribution in [0.4, 0.5) is 4.79 Å². The third-order valence-corrected chi connectivity index (χ3v) is 8.10. The standard InChI is InChI=1S/C38H45N3O7/c1-5-8-10-11-15-20-30(41-37(44)46-23-16-9-6-2)35(42)47-36(43)38(21-17-22-39-38)48-34-25-31(28-18-13-12-14-19-28)40-32-26-33(45-4)27(7-3)24-29(32)34/h5-7,12-14,18-19,24-26,30,39H,1-3,8-11,15-17,20-23H2,4H3,(H,41,44)/t30-,38+/m0/s1. The zero-order chi connectivity index (χ0) is 34.4. The molecule has 0 saturated carbocycles. The Kier molecular flexibility index (Phi) is 13.3. The van der Waals surface area contributed by atoms with E-state index in [9.17, 15) is 14.4 Å². The lowest BCUT2D eigenvalue weighted by molar-refractivity contribution is -0.174. The summed E-state index contributed by atoms with van der Waals surface area (Å²) in [6.07, 6.45) is 10.1. The lowest BCUT2D eigenvalue weighted by Crippen LogP contribution is -2.55. The van der Waals surface area contributed by atoms with Crippen molar-refractivity contribution in [3.05, 3.63) is 86.0 Å². The Hall–Kier alpha value is -4.96. The first-order valence-corrected chi connectivity index (χ1v) is 16.4. The van der Waals surface area contributed by atoms with E-state index in [0.717, 1.165) is 24.8 Å². The van der Waals surface area contributed by atoms with Gasteiger partial charge in [0.05, 0.1) is 24.9 Å². The highest BCUT2D eigenvalue weighted by molar-refractivity contribution is 5.95. The minimum absolute atomic E-state index is 0.170. The number of hydrogen-bond donors (Lipinski definition) is 2. The van der Waals surface area contributed by atoms with Crippen LogP contribution in [0.15, 0.2) is 80.4 Å². The van der Waals surface area contributed by atoms with Crippen molar-refractivity contribution in [2.45, 2.75) is 69.6 Å². The number of benzene rings is 2. The van der Waals surface area contributed by atoms with E-state index in [1.165, 1.54) is 0 Å². The van der Waals surface area contributed by atoms with Gasteiger partial charge in [-0.15, -0.1) is 13.2 Å². The Balaban J connectivity index is 1.61. The van der Waals surface area contributed by atoms with Crippen molar-refractivity contribution in [1.29, 1.82) is 0 Å². The van der Waals surface area contributed by atoms with Crippen LogP contribution in [-0.2, 0) is 19.1 Å². The van der Waals surface area contributed by atoms with Crippen LogP contribution < -0.4 is 20.1 Å². The van der Waals surface area contributed by atoms with E-state index in [2.05, 4.69) is 30.4 Å². The van der Waals surface area contributed by atoms with Crippen molar-refractivity contribution in [3.63, 3.8) is 0 Å². The van der Waals surface area contributed by atoms with E-state index >= 15 is 0 Å². The number of carbonyl (C=O) groups is 3. The second-order valence-corrected chi connectivity index (χ2v) is 11.5. The number of aromatic nitrogens is 1. The average Bonchev–Trinajstić information content (AvgIpc) is 3.59. The van der Waals surface area contributed by atoms with Gasteiger partial charge in [0, 0.05) is 35.1 Å². The van der Waals surface area contributed by atoms with Crippen LogP contribution in [0.1, 0.15) is 63.4 Å². The summed E-state index contributed by atoms with van der Waals surface area (Å²) in [5, 5.41) is 6.35. The van der Waals surface area contributed by atoms with Crippen LogP contribution in [0.3, 0.4) is 0 Å². The predicted molar refractivity (Wildman–Crippen MR) is 187 cm³/mol. The normalized spacial score (nSPS) is 16.0. The molecule has 254 valence electrons. The maximum atomic E-state index is 13.9. The molecule has 10 nitrogen and oxygen atoms in total. The largest absolute Gasteiger partial charge is 0.496 e. The quantitative estimate of drug-likeness (QED) is 0.0630. The molecule has 1 aliphatic heterocycles. The van der Waals surface area contributed by atoms with E-state index in [0.29, 0.717) is 65.9 Å². The molecule has 3 aromatic rings. The molecule has 1 amide bonds. The van der Waals surface area contributed by atoms with E-state index < -0.39 is 29.8 Å². The van der Waals surface area contributed by atoms with Crippen LogP contribution in [0, 0.1) is 0 Å². The minimum atomic E-state index is -1.66. The first-order chi connectivity index (χ1) is 23.3. The van der Waals surface area contributed by atoms with Gasteiger partial charge in [0.25, 0.3) is 5.72 Å². The third kappa shape index (κ3) is 9.32. The monoisotopic (exact) mass is 655 g/mol. The molecule has 4 rings (SSSR count). The Labute approximate surface area is 282 Å². The maximum Gasteiger partial charge on any atom is 0.407 e. The molecule has 0 spiro atoms. The number of nitrogens with one attached hydrogen (secondary N) is 2. The molecule has 2 heterocycles. The van der Waals surface area contributed by atoms with E-state index in [4.69, 9.17) is 23.9 Å².